The average Bonchev–Trinajstić information content (AvgIpc) is 3.01. The van der Waals surface area contributed by atoms with Gasteiger partial charge in [-0.1, -0.05) is 12.1 Å². The molecular formula is C13H14N2O. The van der Waals surface area contributed by atoms with Gasteiger partial charge < -0.3 is 10.1 Å². The van der Waals surface area contributed by atoms with E-state index in [0.717, 1.165) is 22.6 Å². The third kappa shape index (κ3) is 1.58. The maximum Gasteiger partial charge on any atom is 0.119 e. The number of hydrogen-bond acceptors (Lipinski definition) is 2. The molecule has 0 unspecified atom stereocenters. The first-order valence-electron chi connectivity index (χ1n) is 5.59. The third-order valence-electron chi connectivity index (χ3n) is 3.08. The average molecular weight is 214 g/mol. The fourth-order valence-corrected chi connectivity index (χ4v) is 1.82. The molecule has 3 nitrogen and oxygen atoms in total. The van der Waals surface area contributed by atoms with E-state index in [1.165, 1.54) is 12.8 Å². The zero-order valence-electron chi connectivity index (χ0n) is 9.20. The van der Waals surface area contributed by atoms with Crippen LogP contribution >= 0.6 is 0 Å². The molecule has 1 aromatic carbocycles. The molecule has 0 radical (unpaired) electrons. The van der Waals surface area contributed by atoms with Crippen molar-refractivity contribution in [3.8, 4) is 17.0 Å². The summed E-state index contributed by atoms with van der Waals surface area (Å²) in [5.74, 6) is 2.04. The van der Waals surface area contributed by atoms with Gasteiger partial charge in [-0.15, -0.1) is 0 Å². The van der Waals surface area contributed by atoms with Crippen LogP contribution in [0.25, 0.3) is 11.3 Å². The van der Waals surface area contributed by atoms with Gasteiger partial charge in [-0.25, -0.2) is 4.98 Å². The predicted octanol–water partition coefficient (Wildman–Crippen LogP) is 2.97. The molecule has 0 spiro atoms. The van der Waals surface area contributed by atoms with Crippen LogP contribution < -0.4 is 0 Å². The molecule has 3 heteroatoms. The zero-order chi connectivity index (χ0) is 11.1. The van der Waals surface area contributed by atoms with Crippen LogP contribution in [0.5, 0.6) is 5.75 Å². The number of imidazole rings is 1. The molecule has 3 rings (SSSR count). The first-order valence-corrected chi connectivity index (χ1v) is 5.59. The lowest BCUT2D eigenvalue weighted by Crippen LogP contribution is -1.83. The van der Waals surface area contributed by atoms with Crippen molar-refractivity contribution >= 4 is 0 Å². The van der Waals surface area contributed by atoms with Gasteiger partial charge in [-0.3, -0.25) is 0 Å². The third-order valence-corrected chi connectivity index (χ3v) is 3.08. The molecule has 0 atom stereocenters. The van der Waals surface area contributed by atoms with Crippen molar-refractivity contribution in [2.45, 2.75) is 25.7 Å². The van der Waals surface area contributed by atoms with E-state index in [2.05, 4.69) is 9.97 Å². The van der Waals surface area contributed by atoms with Crippen molar-refractivity contribution < 1.29 is 5.11 Å². The maximum absolute atomic E-state index is 9.66. The number of aromatic amines is 1. The number of hydrogen-bond donors (Lipinski definition) is 2. The molecule has 1 aliphatic rings. The van der Waals surface area contributed by atoms with E-state index < -0.39 is 0 Å². The van der Waals surface area contributed by atoms with Gasteiger partial charge in [0, 0.05) is 11.5 Å². The molecule has 1 fully saturated rings. The van der Waals surface area contributed by atoms with Crippen molar-refractivity contribution in [3.05, 3.63) is 35.8 Å². The molecule has 1 saturated carbocycles. The van der Waals surface area contributed by atoms with Gasteiger partial charge in [0.1, 0.15) is 11.6 Å². The highest BCUT2D eigenvalue weighted by molar-refractivity contribution is 5.61. The van der Waals surface area contributed by atoms with Crippen LogP contribution in [-0.2, 0) is 0 Å². The number of nitrogens with one attached hydrogen (secondary N) is 1. The first kappa shape index (κ1) is 9.46. The number of rotatable bonds is 2. The van der Waals surface area contributed by atoms with Crippen LogP contribution in [0.4, 0.5) is 0 Å². The SMILES string of the molecule is Cc1ccc(-c2cnc(C3CC3)[nH]2)cc1O. The topological polar surface area (TPSA) is 48.9 Å². The Bertz CT molecular complexity index is 526. The molecule has 0 amide bonds. The van der Waals surface area contributed by atoms with Gasteiger partial charge >= 0.3 is 0 Å². The Morgan fingerprint density at radius 1 is 1.38 bits per heavy atom. The van der Waals surface area contributed by atoms with Crippen molar-refractivity contribution in [2.75, 3.05) is 0 Å². The fourth-order valence-electron chi connectivity index (χ4n) is 1.82. The van der Waals surface area contributed by atoms with E-state index in [1.807, 2.05) is 25.3 Å². The molecule has 1 aliphatic carbocycles. The fraction of sp³-hybridized carbons (Fsp3) is 0.308. The monoisotopic (exact) mass is 214 g/mol. The summed E-state index contributed by atoms with van der Waals surface area (Å²) in [6.45, 7) is 1.89. The summed E-state index contributed by atoms with van der Waals surface area (Å²) < 4.78 is 0. The van der Waals surface area contributed by atoms with E-state index in [-0.39, 0.29) is 0 Å². The minimum atomic E-state index is 0.333. The number of phenolic OH excluding ortho intramolecular Hbond substituents is 1. The second kappa shape index (κ2) is 3.37. The summed E-state index contributed by atoms with van der Waals surface area (Å²) in [6.07, 6.45) is 4.33. The molecule has 0 aliphatic heterocycles. The summed E-state index contributed by atoms with van der Waals surface area (Å²) in [5, 5.41) is 9.66. The Morgan fingerprint density at radius 2 is 2.19 bits per heavy atom. The molecule has 82 valence electrons. The number of phenols is 1. The number of benzene rings is 1. The van der Waals surface area contributed by atoms with Crippen LogP contribution in [0, 0.1) is 6.92 Å². The first-order chi connectivity index (χ1) is 7.74. The Kier molecular flexibility index (Phi) is 1.99. The molecule has 0 saturated heterocycles. The summed E-state index contributed by atoms with van der Waals surface area (Å²) in [4.78, 5) is 7.69. The van der Waals surface area contributed by atoms with Gasteiger partial charge in [0.05, 0.1) is 11.9 Å². The Labute approximate surface area is 94.2 Å². The van der Waals surface area contributed by atoms with Gasteiger partial charge in [-0.05, 0) is 31.4 Å². The van der Waals surface area contributed by atoms with Crippen LogP contribution in [0.3, 0.4) is 0 Å². The molecule has 16 heavy (non-hydrogen) atoms. The Balaban J connectivity index is 1.97. The summed E-state index contributed by atoms with van der Waals surface area (Å²) in [5.41, 5.74) is 2.87. The molecule has 2 aromatic rings. The largest absolute Gasteiger partial charge is 0.508 e. The van der Waals surface area contributed by atoms with Gasteiger partial charge in [0.15, 0.2) is 0 Å². The molecule has 1 aromatic heterocycles. The van der Waals surface area contributed by atoms with Crippen molar-refractivity contribution in [2.24, 2.45) is 0 Å². The van der Waals surface area contributed by atoms with Gasteiger partial charge in [0.25, 0.3) is 0 Å². The van der Waals surface area contributed by atoms with Crippen LogP contribution in [0.1, 0.15) is 30.1 Å². The maximum atomic E-state index is 9.66. The van der Waals surface area contributed by atoms with E-state index in [4.69, 9.17) is 0 Å². The number of aryl methyl sites for hydroxylation is 1. The van der Waals surface area contributed by atoms with Gasteiger partial charge in [-0.2, -0.15) is 0 Å². The number of nitrogens with zero attached hydrogens (tertiary/aromatic N) is 1. The van der Waals surface area contributed by atoms with E-state index in [1.54, 1.807) is 6.07 Å². The lowest BCUT2D eigenvalue weighted by atomic mass is 10.1. The highest BCUT2D eigenvalue weighted by Crippen LogP contribution is 2.39. The van der Waals surface area contributed by atoms with E-state index in [0.29, 0.717) is 11.7 Å². The van der Waals surface area contributed by atoms with Crippen molar-refractivity contribution in [1.82, 2.24) is 9.97 Å². The van der Waals surface area contributed by atoms with E-state index >= 15 is 0 Å². The normalized spacial score (nSPS) is 15.3. The van der Waals surface area contributed by atoms with E-state index in [9.17, 15) is 5.11 Å². The minimum absolute atomic E-state index is 0.333. The highest BCUT2D eigenvalue weighted by atomic mass is 16.3. The molecule has 2 N–H and O–H groups in total. The van der Waals surface area contributed by atoms with Crippen LogP contribution in [0.15, 0.2) is 24.4 Å². The Hall–Kier alpha value is -1.77. The minimum Gasteiger partial charge on any atom is -0.508 e. The lowest BCUT2D eigenvalue weighted by Gasteiger charge is -2.01. The molecule has 0 bridgehead atoms. The quantitative estimate of drug-likeness (QED) is 0.807. The standard InChI is InChI=1S/C13H14N2O/c1-8-2-3-10(6-12(8)16)11-7-14-13(15-11)9-4-5-9/h2-3,6-7,9,16H,4-5H2,1H3,(H,14,15). The smallest absolute Gasteiger partial charge is 0.119 e. The summed E-state index contributed by atoms with van der Waals surface area (Å²) in [6, 6.07) is 5.70. The molecular weight excluding hydrogens is 200 g/mol. The van der Waals surface area contributed by atoms with Crippen molar-refractivity contribution in [3.63, 3.8) is 0 Å². The molecule has 1 heterocycles. The predicted molar refractivity (Wildman–Crippen MR) is 62.4 cm³/mol. The van der Waals surface area contributed by atoms with Crippen LogP contribution in [-0.4, -0.2) is 15.1 Å². The Morgan fingerprint density at radius 3 is 2.88 bits per heavy atom. The van der Waals surface area contributed by atoms with Crippen molar-refractivity contribution in [1.29, 1.82) is 0 Å². The number of aromatic hydroxyl groups is 1. The number of aromatic nitrogens is 2. The lowest BCUT2D eigenvalue weighted by molar-refractivity contribution is 0.471. The summed E-state index contributed by atoms with van der Waals surface area (Å²) in [7, 11) is 0. The highest BCUT2D eigenvalue weighted by Gasteiger charge is 2.26. The second-order valence-electron chi connectivity index (χ2n) is 4.46. The second-order valence-corrected chi connectivity index (χ2v) is 4.46. The van der Waals surface area contributed by atoms with Crippen LogP contribution in [0.2, 0.25) is 0 Å². The van der Waals surface area contributed by atoms with Gasteiger partial charge in [0.2, 0.25) is 0 Å². The summed E-state index contributed by atoms with van der Waals surface area (Å²) >= 11 is 0. The number of H-pyrrole nitrogens is 1. The zero-order valence-corrected chi connectivity index (χ0v) is 9.20.